The predicted octanol–water partition coefficient (Wildman–Crippen LogP) is 1.31. The van der Waals surface area contributed by atoms with Crippen LogP contribution in [-0.4, -0.2) is 29.5 Å². The van der Waals surface area contributed by atoms with E-state index in [1.807, 2.05) is 24.3 Å². The van der Waals surface area contributed by atoms with Crippen molar-refractivity contribution in [3.8, 4) is 0 Å². The van der Waals surface area contributed by atoms with Crippen molar-refractivity contribution in [1.29, 1.82) is 0 Å². The molecule has 3 N–H and O–H groups in total. The van der Waals surface area contributed by atoms with E-state index in [0.29, 0.717) is 6.54 Å². The molecule has 1 unspecified atom stereocenters. The summed E-state index contributed by atoms with van der Waals surface area (Å²) in [6.07, 6.45) is 1.99. The van der Waals surface area contributed by atoms with E-state index in [1.54, 1.807) is 11.8 Å². The molecule has 3 rings (SSSR count). The third-order valence-electron chi connectivity index (χ3n) is 3.64. The van der Waals surface area contributed by atoms with Crippen molar-refractivity contribution in [3.63, 3.8) is 0 Å². The predicted molar refractivity (Wildman–Crippen MR) is 83.9 cm³/mol. The average Bonchev–Trinajstić information content (AvgIpc) is 3.20. The highest BCUT2D eigenvalue weighted by atomic mass is 32.2. The van der Waals surface area contributed by atoms with E-state index in [1.165, 1.54) is 0 Å². The van der Waals surface area contributed by atoms with Gasteiger partial charge in [0, 0.05) is 29.8 Å². The number of carbonyl (C=O) groups excluding carboxylic acids is 2. The van der Waals surface area contributed by atoms with Gasteiger partial charge in [0.25, 0.3) is 0 Å². The van der Waals surface area contributed by atoms with Crippen LogP contribution in [0.1, 0.15) is 18.4 Å². The fraction of sp³-hybridized carbons (Fsp3) is 0.467. The Morgan fingerprint density at radius 3 is 2.86 bits per heavy atom. The van der Waals surface area contributed by atoms with Crippen LogP contribution in [0.2, 0.25) is 0 Å². The first-order valence-corrected chi connectivity index (χ1v) is 8.36. The number of anilines is 1. The SMILES string of the molecule is O=C(Nc1cccc(CNC(=O)C2CSCN2)c1)C1CC1. The zero-order valence-electron chi connectivity index (χ0n) is 11.7. The Bertz CT molecular complexity index is 539. The Morgan fingerprint density at radius 1 is 1.29 bits per heavy atom. The van der Waals surface area contributed by atoms with Crippen molar-refractivity contribution >= 4 is 29.3 Å². The highest BCUT2D eigenvalue weighted by molar-refractivity contribution is 7.99. The Kier molecular flexibility index (Phi) is 4.45. The smallest absolute Gasteiger partial charge is 0.238 e. The topological polar surface area (TPSA) is 70.2 Å². The second-order valence-electron chi connectivity index (χ2n) is 5.45. The van der Waals surface area contributed by atoms with Crippen molar-refractivity contribution in [3.05, 3.63) is 29.8 Å². The monoisotopic (exact) mass is 305 g/mol. The number of thioether (sulfide) groups is 1. The Balaban J connectivity index is 1.52. The molecule has 1 aromatic rings. The van der Waals surface area contributed by atoms with Gasteiger partial charge in [0.15, 0.2) is 0 Å². The first kappa shape index (κ1) is 14.4. The van der Waals surface area contributed by atoms with Gasteiger partial charge in [-0.1, -0.05) is 12.1 Å². The minimum absolute atomic E-state index is 0.0346. The Labute approximate surface area is 128 Å². The van der Waals surface area contributed by atoms with Crippen LogP contribution >= 0.6 is 11.8 Å². The zero-order valence-corrected chi connectivity index (χ0v) is 12.5. The van der Waals surface area contributed by atoms with E-state index >= 15 is 0 Å². The van der Waals surface area contributed by atoms with Crippen LogP contribution in [0.15, 0.2) is 24.3 Å². The molecule has 0 radical (unpaired) electrons. The molecule has 1 aliphatic carbocycles. The summed E-state index contributed by atoms with van der Waals surface area (Å²) >= 11 is 1.73. The van der Waals surface area contributed by atoms with Gasteiger partial charge in [0.05, 0.1) is 6.04 Å². The lowest BCUT2D eigenvalue weighted by Gasteiger charge is -2.11. The van der Waals surface area contributed by atoms with Crippen LogP contribution in [-0.2, 0) is 16.1 Å². The number of carbonyl (C=O) groups is 2. The molecular weight excluding hydrogens is 286 g/mol. The van der Waals surface area contributed by atoms with Crippen molar-refractivity contribution in [2.24, 2.45) is 5.92 Å². The number of amides is 2. The molecule has 0 spiro atoms. The molecule has 1 aliphatic heterocycles. The number of benzene rings is 1. The van der Waals surface area contributed by atoms with Crippen molar-refractivity contribution in [1.82, 2.24) is 10.6 Å². The molecule has 1 aromatic carbocycles. The first-order chi connectivity index (χ1) is 10.2. The molecule has 2 aliphatic rings. The summed E-state index contributed by atoms with van der Waals surface area (Å²) in [5.74, 6) is 1.99. The molecule has 1 saturated carbocycles. The lowest BCUT2D eigenvalue weighted by atomic mass is 10.2. The van der Waals surface area contributed by atoms with Crippen LogP contribution in [0.25, 0.3) is 0 Å². The summed E-state index contributed by atoms with van der Waals surface area (Å²) in [4.78, 5) is 23.7. The second kappa shape index (κ2) is 6.49. The summed E-state index contributed by atoms with van der Waals surface area (Å²) in [6, 6.07) is 7.54. The van der Waals surface area contributed by atoms with E-state index < -0.39 is 0 Å². The molecular formula is C15H19N3O2S. The van der Waals surface area contributed by atoms with Gasteiger partial charge < -0.3 is 10.6 Å². The quantitative estimate of drug-likeness (QED) is 0.767. The molecule has 112 valence electrons. The highest BCUT2D eigenvalue weighted by Gasteiger charge is 2.29. The summed E-state index contributed by atoms with van der Waals surface area (Å²) in [6.45, 7) is 0.481. The first-order valence-electron chi connectivity index (χ1n) is 7.21. The van der Waals surface area contributed by atoms with Crippen molar-refractivity contribution in [2.45, 2.75) is 25.4 Å². The van der Waals surface area contributed by atoms with Gasteiger partial charge in [0.1, 0.15) is 0 Å². The molecule has 1 heterocycles. The van der Waals surface area contributed by atoms with Gasteiger partial charge >= 0.3 is 0 Å². The molecule has 0 bridgehead atoms. The van der Waals surface area contributed by atoms with Gasteiger partial charge in [-0.3, -0.25) is 14.9 Å². The van der Waals surface area contributed by atoms with Gasteiger partial charge in [-0.05, 0) is 30.5 Å². The normalized spacial score (nSPS) is 21.0. The molecule has 1 atom stereocenters. The van der Waals surface area contributed by atoms with Crippen LogP contribution in [0.5, 0.6) is 0 Å². The van der Waals surface area contributed by atoms with Crippen LogP contribution in [0, 0.1) is 5.92 Å². The van der Waals surface area contributed by atoms with Crippen LogP contribution < -0.4 is 16.0 Å². The molecule has 2 amide bonds. The van der Waals surface area contributed by atoms with E-state index in [0.717, 1.165) is 35.7 Å². The summed E-state index contributed by atoms with van der Waals surface area (Å²) in [5.41, 5.74) is 1.79. The highest BCUT2D eigenvalue weighted by Crippen LogP contribution is 2.30. The number of rotatable bonds is 5. The molecule has 5 nitrogen and oxygen atoms in total. The van der Waals surface area contributed by atoms with E-state index in [-0.39, 0.29) is 23.8 Å². The van der Waals surface area contributed by atoms with Crippen LogP contribution in [0.3, 0.4) is 0 Å². The number of nitrogens with one attached hydrogen (secondary N) is 3. The lowest BCUT2D eigenvalue weighted by Crippen LogP contribution is -2.41. The molecule has 21 heavy (non-hydrogen) atoms. The molecule has 0 aromatic heterocycles. The summed E-state index contributed by atoms with van der Waals surface area (Å²) in [7, 11) is 0. The van der Waals surface area contributed by atoms with Crippen molar-refractivity contribution < 1.29 is 9.59 Å². The van der Waals surface area contributed by atoms with E-state index in [9.17, 15) is 9.59 Å². The minimum Gasteiger partial charge on any atom is -0.351 e. The van der Waals surface area contributed by atoms with Crippen LogP contribution in [0.4, 0.5) is 5.69 Å². The van der Waals surface area contributed by atoms with Gasteiger partial charge in [-0.25, -0.2) is 0 Å². The van der Waals surface area contributed by atoms with E-state index in [4.69, 9.17) is 0 Å². The summed E-state index contributed by atoms with van der Waals surface area (Å²) in [5, 5.41) is 8.99. The summed E-state index contributed by atoms with van der Waals surface area (Å²) < 4.78 is 0. The Morgan fingerprint density at radius 2 is 2.14 bits per heavy atom. The zero-order chi connectivity index (χ0) is 14.7. The molecule has 6 heteroatoms. The van der Waals surface area contributed by atoms with Crippen molar-refractivity contribution in [2.75, 3.05) is 16.9 Å². The maximum atomic E-state index is 11.9. The second-order valence-corrected chi connectivity index (χ2v) is 6.48. The maximum absolute atomic E-state index is 11.9. The molecule has 2 fully saturated rings. The standard InChI is InChI=1S/C15H19N3O2S/c19-14(11-4-5-11)18-12-3-1-2-10(6-12)7-16-15(20)13-8-21-9-17-13/h1-3,6,11,13,17H,4-5,7-9H2,(H,16,20)(H,18,19). The number of hydrogen-bond acceptors (Lipinski definition) is 4. The van der Waals surface area contributed by atoms with E-state index in [2.05, 4.69) is 16.0 Å². The lowest BCUT2D eigenvalue weighted by molar-refractivity contribution is -0.122. The third kappa shape index (κ3) is 3.98. The maximum Gasteiger partial charge on any atom is 0.238 e. The largest absolute Gasteiger partial charge is 0.351 e. The van der Waals surface area contributed by atoms with Gasteiger partial charge in [0.2, 0.25) is 11.8 Å². The minimum atomic E-state index is -0.0900. The molecule has 1 saturated heterocycles. The third-order valence-corrected chi connectivity index (χ3v) is 4.58. The van der Waals surface area contributed by atoms with Gasteiger partial charge in [-0.15, -0.1) is 11.8 Å². The fourth-order valence-corrected chi connectivity index (χ4v) is 3.17. The Hall–Kier alpha value is -1.53. The van der Waals surface area contributed by atoms with Gasteiger partial charge in [-0.2, -0.15) is 0 Å². The number of hydrogen-bond donors (Lipinski definition) is 3. The average molecular weight is 305 g/mol. The fourth-order valence-electron chi connectivity index (χ4n) is 2.22.